The molecule has 0 aliphatic carbocycles. The standard InChI is InChI=1S/C24H24FN3O7S.C24H22FN3O7S/c2*1-14-10-16(8-9-18(14)25)11-26-23(30)20-21(35-36(32,33)17-6-4-3-5-7-17)24(31)28-15(2)12-34-13-19(29)22(28)27-20/h3-10,15,19,29H,11-13H2,1-2H3,(H,26,30);3-10,19,29H,2,11-13H2,1H3,(H,26,30)/t15-,19?;/m0./s1. The average molecular weight is 1030 g/mol. The molecule has 378 valence electrons. The van der Waals surface area contributed by atoms with Gasteiger partial charge in [0.25, 0.3) is 17.4 Å². The first-order valence-electron chi connectivity index (χ1n) is 21.8. The van der Waals surface area contributed by atoms with Crippen molar-refractivity contribution in [2.75, 3.05) is 26.4 Å². The van der Waals surface area contributed by atoms with Crippen LogP contribution in [0, 0.1) is 25.5 Å². The number of amides is 2. The molecule has 0 fully saturated rings. The van der Waals surface area contributed by atoms with Crippen LogP contribution in [-0.2, 0) is 42.8 Å². The number of aryl methyl sites for hydroxylation is 2. The first-order valence-corrected chi connectivity index (χ1v) is 24.6. The summed E-state index contributed by atoms with van der Waals surface area (Å²) in [6, 6.07) is 22.0. The number of hydrogen-bond acceptors (Lipinski definition) is 16. The zero-order chi connectivity index (χ0) is 52.1. The molecule has 0 saturated carbocycles. The van der Waals surface area contributed by atoms with Crippen molar-refractivity contribution in [1.82, 2.24) is 29.7 Å². The molecule has 4 aromatic carbocycles. The Hall–Kier alpha value is -7.48. The highest BCUT2D eigenvalue weighted by Gasteiger charge is 2.34. The summed E-state index contributed by atoms with van der Waals surface area (Å²) in [6.45, 7) is 7.83. The predicted molar refractivity (Wildman–Crippen MR) is 252 cm³/mol. The zero-order valence-corrected chi connectivity index (χ0v) is 40.2. The van der Waals surface area contributed by atoms with Gasteiger partial charge in [0.15, 0.2) is 11.4 Å². The van der Waals surface area contributed by atoms with Gasteiger partial charge in [-0.15, -0.1) is 0 Å². The van der Waals surface area contributed by atoms with Gasteiger partial charge < -0.3 is 38.7 Å². The van der Waals surface area contributed by atoms with Crippen molar-refractivity contribution in [1.29, 1.82) is 0 Å². The molecule has 0 radical (unpaired) electrons. The van der Waals surface area contributed by atoms with Crippen LogP contribution in [-0.4, -0.2) is 84.4 Å². The van der Waals surface area contributed by atoms with Gasteiger partial charge in [0.05, 0.1) is 32.5 Å². The number of aromatic nitrogens is 4. The predicted octanol–water partition coefficient (Wildman–Crippen LogP) is 3.94. The highest BCUT2D eigenvalue weighted by atomic mass is 32.2. The molecule has 72 heavy (non-hydrogen) atoms. The summed E-state index contributed by atoms with van der Waals surface area (Å²) < 4.78 is 102. The van der Waals surface area contributed by atoms with Crippen LogP contribution >= 0.6 is 0 Å². The summed E-state index contributed by atoms with van der Waals surface area (Å²) in [7, 11) is -9.04. The highest BCUT2D eigenvalue weighted by molar-refractivity contribution is 7.87. The Labute approximate surface area is 410 Å². The van der Waals surface area contributed by atoms with Gasteiger partial charge in [0.2, 0.25) is 11.5 Å². The molecule has 0 spiro atoms. The number of aliphatic hydroxyl groups is 2. The lowest BCUT2D eigenvalue weighted by atomic mass is 10.1. The number of carbonyl (C=O) groups is 2. The second-order valence-electron chi connectivity index (χ2n) is 16.3. The van der Waals surface area contributed by atoms with Crippen LogP contribution in [0.2, 0.25) is 0 Å². The van der Waals surface area contributed by atoms with E-state index in [4.69, 9.17) is 17.8 Å². The summed E-state index contributed by atoms with van der Waals surface area (Å²) in [5.74, 6) is -4.77. The molecule has 2 aliphatic heterocycles. The molecule has 0 saturated heterocycles. The monoisotopic (exact) mass is 1030 g/mol. The van der Waals surface area contributed by atoms with E-state index in [0.717, 1.165) is 9.13 Å². The Morgan fingerprint density at radius 1 is 0.694 bits per heavy atom. The molecule has 2 aliphatic rings. The summed E-state index contributed by atoms with van der Waals surface area (Å²) in [6.07, 6.45) is -2.74. The second kappa shape index (κ2) is 21.9. The topological polar surface area (TPSA) is 274 Å². The van der Waals surface area contributed by atoms with Crippen molar-refractivity contribution in [3.05, 3.63) is 181 Å². The van der Waals surface area contributed by atoms with E-state index in [0.29, 0.717) is 22.3 Å². The molecule has 6 aromatic rings. The fourth-order valence-electron chi connectivity index (χ4n) is 7.29. The van der Waals surface area contributed by atoms with Crippen molar-refractivity contribution in [2.45, 2.75) is 61.9 Å². The first-order chi connectivity index (χ1) is 34.2. The minimum atomic E-state index is -4.53. The summed E-state index contributed by atoms with van der Waals surface area (Å²) in [5.41, 5.74) is -1.37. The Kier molecular flexibility index (Phi) is 15.9. The number of carbonyl (C=O) groups excluding carboxylic acids is 2. The first kappa shape index (κ1) is 52.3. The molecular weight excluding hydrogens is 987 g/mol. The maximum atomic E-state index is 13.6. The summed E-state index contributed by atoms with van der Waals surface area (Å²) >= 11 is 0. The van der Waals surface area contributed by atoms with E-state index in [-0.39, 0.29) is 66.7 Å². The smallest absolute Gasteiger partial charge is 0.339 e. The molecular formula is C48H46F2N6O14S2. The lowest BCUT2D eigenvalue weighted by Gasteiger charge is -2.19. The minimum Gasteiger partial charge on any atom is -0.383 e. The lowest BCUT2D eigenvalue weighted by molar-refractivity contribution is 0.0384. The highest BCUT2D eigenvalue weighted by Crippen LogP contribution is 2.27. The number of hydrogen-bond donors (Lipinski definition) is 4. The molecule has 2 unspecified atom stereocenters. The Morgan fingerprint density at radius 3 is 1.62 bits per heavy atom. The molecule has 4 heterocycles. The third-order valence-electron chi connectivity index (χ3n) is 10.9. The SMILES string of the molecule is C=C1COCC(O)c2nc(C(=O)NCc3ccc(F)c(C)c3)c(OS(=O)(=O)c3ccccc3)c(=O)n21.Cc1cc(CNC(=O)c2nc3n(c(=O)c2OS(=O)(=O)c2ccccc2)[C@@H](C)COCC3O)ccc1F. The van der Waals surface area contributed by atoms with Crippen molar-refractivity contribution in [3.63, 3.8) is 0 Å². The third-order valence-corrected chi connectivity index (χ3v) is 13.4. The van der Waals surface area contributed by atoms with E-state index in [9.17, 15) is 55.0 Å². The number of ether oxygens (including phenoxy) is 2. The third kappa shape index (κ3) is 11.6. The normalized spacial score (nSPS) is 16.7. The van der Waals surface area contributed by atoms with Crippen LogP contribution < -0.4 is 30.1 Å². The van der Waals surface area contributed by atoms with Gasteiger partial charge >= 0.3 is 25.8 Å². The largest absolute Gasteiger partial charge is 0.383 e. The van der Waals surface area contributed by atoms with Crippen molar-refractivity contribution in [3.8, 4) is 11.5 Å². The number of aliphatic hydroxyl groups excluding tert-OH is 2. The Morgan fingerprint density at radius 2 is 1.14 bits per heavy atom. The number of nitrogens with zero attached hydrogens (tertiary/aromatic N) is 4. The number of benzene rings is 4. The summed E-state index contributed by atoms with van der Waals surface area (Å²) in [5, 5.41) is 26.0. The van der Waals surface area contributed by atoms with Gasteiger partial charge in [0, 0.05) is 18.8 Å². The number of rotatable bonds is 12. The molecule has 8 rings (SSSR count). The van der Waals surface area contributed by atoms with E-state index >= 15 is 0 Å². The maximum Gasteiger partial charge on any atom is 0.339 e. The summed E-state index contributed by atoms with van der Waals surface area (Å²) in [4.78, 5) is 60.9. The number of fused-ring (bicyclic) bond motifs is 2. The van der Waals surface area contributed by atoms with Gasteiger partial charge in [-0.1, -0.05) is 67.2 Å². The molecule has 0 bridgehead atoms. The van der Waals surface area contributed by atoms with E-state index in [1.54, 1.807) is 32.9 Å². The quantitative estimate of drug-likeness (QED) is 0.126. The Balaban J connectivity index is 0.000000211. The van der Waals surface area contributed by atoms with Crippen LogP contribution in [0.4, 0.5) is 8.78 Å². The van der Waals surface area contributed by atoms with Crippen molar-refractivity contribution >= 4 is 37.7 Å². The lowest BCUT2D eigenvalue weighted by Crippen LogP contribution is -2.36. The molecule has 24 heteroatoms. The van der Waals surface area contributed by atoms with Crippen molar-refractivity contribution < 1.29 is 63.3 Å². The van der Waals surface area contributed by atoms with E-state index in [1.165, 1.54) is 84.9 Å². The number of halogens is 2. The Bertz CT molecular complexity index is 3410. The molecule has 2 amide bonds. The maximum absolute atomic E-state index is 13.6. The number of nitrogens with one attached hydrogen (secondary N) is 2. The van der Waals surface area contributed by atoms with Gasteiger partial charge in [0.1, 0.15) is 45.3 Å². The van der Waals surface area contributed by atoms with Crippen LogP contribution in [0.1, 0.15) is 80.1 Å². The van der Waals surface area contributed by atoms with Gasteiger partial charge in [-0.2, -0.15) is 16.8 Å². The van der Waals surface area contributed by atoms with Crippen LogP contribution in [0.15, 0.2) is 123 Å². The second-order valence-corrected chi connectivity index (χ2v) is 19.4. The van der Waals surface area contributed by atoms with Crippen LogP contribution in [0.25, 0.3) is 5.70 Å². The van der Waals surface area contributed by atoms with E-state index in [1.807, 2.05) is 0 Å². The minimum absolute atomic E-state index is 0.0476. The van der Waals surface area contributed by atoms with E-state index < -0.39 is 95.9 Å². The zero-order valence-electron chi connectivity index (χ0n) is 38.6. The van der Waals surface area contributed by atoms with Gasteiger partial charge in [-0.3, -0.25) is 28.3 Å². The van der Waals surface area contributed by atoms with Crippen LogP contribution in [0.5, 0.6) is 11.5 Å². The van der Waals surface area contributed by atoms with Gasteiger partial charge in [-0.25, -0.2) is 18.7 Å². The molecule has 2 aromatic heterocycles. The molecule has 4 N–H and O–H groups in total. The fourth-order valence-corrected chi connectivity index (χ4v) is 9.20. The molecule has 3 atom stereocenters. The fraction of sp³-hybridized carbons (Fsp3) is 0.250. The average Bonchev–Trinajstić information content (AvgIpc) is 3.59. The molecule has 20 nitrogen and oxygen atoms in total. The van der Waals surface area contributed by atoms with Crippen LogP contribution in [0.3, 0.4) is 0 Å². The van der Waals surface area contributed by atoms with Crippen molar-refractivity contribution in [2.24, 2.45) is 0 Å². The van der Waals surface area contributed by atoms with E-state index in [2.05, 4.69) is 27.2 Å². The van der Waals surface area contributed by atoms with Gasteiger partial charge in [-0.05, 0) is 79.4 Å².